The van der Waals surface area contributed by atoms with E-state index in [4.69, 9.17) is 0 Å². The van der Waals surface area contributed by atoms with Gasteiger partial charge in [0.2, 0.25) is 10.0 Å². The normalized spacial score (nSPS) is 12.2. The number of aliphatic imine (C=N–C) groups is 1. The van der Waals surface area contributed by atoms with E-state index in [2.05, 4.69) is 30.7 Å². The molecule has 1 aromatic carbocycles. The van der Waals surface area contributed by atoms with Crippen molar-refractivity contribution in [3.63, 3.8) is 0 Å². The molecule has 26 heavy (non-hydrogen) atoms. The Kier molecular flexibility index (Phi) is 7.55. The van der Waals surface area contributed by atoms with Gasteiger partial charge in [0.1, 0.15) is 0 Å². The van der Waals surface area contributed by atoms with Crippen LogP contribution in [0.3, 0.4) is 0 Å². The summed E-state index contributed by atoms with van der Waals surface area (Å²) in [6.45, 7) is 5.99. The van der Waals surface area contributed by atoms with E-state index in [1.807, 2.05) is 13.8 Å². The number of hydrogen-bond acceptors (Lipinski definition) is 5. The minimum absolute atomic E-state index is 0.247. The first-order chi connectivity index (χ1) is 12.4. The predicted octanol–water partition coefficient (Wildman–Crippen LogP) is 1.66. The van der Waals surface area contributed by atoms with Crippen LogP contribution in [0.25, 0.3) is 0 Å². The number of thiazole rings is 1. The van der Waals surface area contributed by atoms with Crippen molar-refractivity contribution >= 4 is 27.3 Å². The van der Waals surface area contributed by atoms with Crippen LogP contribution in [0.15, 0.2) is 39.5 Å². The molecule has 0 amide bonds. The highest BCUT2D eigenvalue weighted by atomic mass is 32.2. The number of sulfonamides is 1. The van der Waals surface area contributed by atoms with Crippen molar-refractivity contribution in [3.8, 4) is 0 Å². The quantitative estimate of drug-likeness (QED) is 0.467. The lowest BCUT2D eigenvalue weighted by Gasteiger charge is -2.11. The average molecular weight is 396 g/mol. The fourth-order valence-electron chi connectivity index (χ4n) is 2.24. The standard InChI is InChI=1S/C17H25N5O2S2/c1-4-19-17(20-10-9-15-12-25-13(2)22-15)21-11-14-5-7-16(8-6-14)26(23,24)18-3/h5-8,12,18H,4,9-11H2,1-3H3,(H2,19,20,21). The first-order valence-electron chi connectivity index (χ1n) is 8.40. The molecule has 0 saturated carbocycles. The number of nitrogens with one attached hydrogen (secondary N) is 3. The van der Waals surface area contributed by atoms with E-state index in [0.717, 1.165) is 41.7 Å². The number of nitrogens with zero attached hydrogens (tertiary/aromatic N) is 2. The van der Waals surface area contributed by atoms with Crippen molar-refractivity contribution in [2.75, 3.05) is 20.1 Å². The molecule has 3 N–H and O–H groups in total. The molecule has 0 unspecified atom stereocenters. The monoisotopic (exact) mass is 395 g/mol. The summed E-state index contributed by atoms with van der Waals surface area (Å²) in [5.74, 6) is 0.728. The van der Waals surface area contributed by atoms with Crippen molar-refractivity contribution < 1.29 is 8.42 Å². The zero-order valence-corrected chi connectivity index (χ0v) is 16.9. The van der Waals surface area contributed by atoms with E-state index in [1.165, 1.54) is 7.05 Å². The Morgan fingerprint density at radius 1 is 1.23 bits per heavy atom. The second kappa shape index (κ2) is 9.65. The summed E-state index contributed by atoms with van der Waals surface area (Å²) >= 11 is 1.65. The van der Waals surface area contributed by atoms with Gasteiger partial charge in [0.15, 0.2) is 5.96 Å². The Morgan fingerprint density at radius 3 is 2.54 bits per heavy atom. The summed E-state index contributed by atoms with van der Waals surface area (Å²) in [5, 5.41) is 9.64. The first kappa shape index (κ1) is 20.3. The van der Waals surface area contributed by atoms with Crippen LogP contribution in [0, 0.1) is 6.92 Å². The van der Waals surface area contributed by atoms with E-state index in [-0.39, 0.29) is 4.90 Å². The van der Waals surface area contributed by atoms with Crippen LogP contribution < -0.4 is 15.4 Å². The van der Waals surface area contributed by atoms with Gasteiger partial charge < -0.3 is 10.6 Å². The van der Waals surface area contributed by atoms with Gasteiger partial charge >= 0.3 is 0 Å². The van der Waals surface area contributed by atoms with Crippen LogP contribution in [0.2, 0.25) is 0 Å². The summed E-state index contributed by atoms with van der Waals surface area (Å²) in [5.41, 5.74) is 2.02. The van der Waals surface area contributed by atoms with Crippen molar-refractivity contribution in [3.05, 3.63) is 45.9 Å². The van der Waals surface area contributed by atoms with E-state index in [9.17, 15) is 8.42 Å². The summed E-state index contributed by atoms with van der Waals surface area (Å²) in [4.78, 5) is 9.24. The minimum atomic E-state index is -3.41. The number of guanidine groups is 1. The third-order valence-corrected chi connectivity index (χ3v) is 5.86. The van der Waals surface area contributed by atoms with Gasteiger partial charge in [-0.3, -0.25) is 0 Å². The molecular formula is C17H25N5O2S2. The van der Waals surface area contributed by atoms with Crippen molar-refractivity contribution in [2.45, 2.75) is 31.7 Å². The molecule has 0 atom stereocenters. The number of hydrogen-bond donors (Lipinski definition) is 3. The van der Waals surface area contributed by atoms with Gasteiger partial charge in [0.25, 0.3) is 0 Å². The molecule has 0 aliphatic rings. The summed E-state index contributed by atoms with van der Waals surface area (Å²) < 4.78 is 25.8. The zero-order chi connectivity index (χ0) is 19.0. The molecule has 2 aromatic rings. The largest absolute Gasteiger partial charge is 0.357 e. The number of aryl methyl sites for hydroxylation is 1. The minimum Gasteiger partial charge on any atom is -0.357 e. The van der Waals surface area contributed by atoms with Gasteiger partial charge in [-0.15, -0.1) is 11.3 Å². The lowest BCUT2D eigenvalue weighted by molar-refractivity contribution is 0.588. The molecule has 0 saturated heterocycles. The molecular weight excluding hydrogens is 370 g/mol. The van der Waals surface area contributed by atoms with Crippen LogP contribution in [-0.4, -0.2) is 39.5 Å². The summed E-state index contributed by atoms with van der Waals surface area (Å²) in [6, 6.07) is 6.72. The highest BCUT2D eigenvalue weighted by Crippen LogP contribution is 2.11. The van der Waals surface area contributed by atoms with E-state index < -0.39 is 10.0 Å². The molecule has 1 heterocycles. The molecule has 0 spiro atoms. The van der Waals surface area contributed by atoms with Gasteiger partial charge in [0, 0.05) is 24.9 Å². The topological polar surface area (TPSA) is 95.5 Å². The van der Waals surface area contributed by atoms with Crippen molar-refractivity contribution in [2.24, 2.45) is 4.99 Å². The molecule has 0 aliphatic carbocycles. The van der Waals surface area contributed by atoms with Crippen LogP contribution >= 0.6 is 11.3 Å². The van der Waals surface area contributed by atoms with E-state index >= 15 is 0 Å². The maximum Gasteiger partial charge on any atom is 0.240 e. The Balaban J connectivity index is 1.93. The molecule has 0 radical (unpaired) electrons. The fraction of sp³-hybridized carbons (Fsp3) is 0.412. The van der Waals surface area contributed by atoms with Gasteiger partial charge in [-0.05, 0) is 38.6 Å². The summed E-state index contributed by atoms with van der Waals surface area (Å²) in [7, 11) is -2.01. The molecule has 7 nitrogen and oxygen atoms in total. The lowest BCUT2D eigenvalue weighted by Crippen LogP contribution is -2.38. The fourth-order valence-corrected chi connectivity index (χ4v) is 3.61. The number of rotatable bonds is 8. The van der Waals surface area contributed by atoms with E-state index in [0.29, 0.717) is 6.54 Å². The predicted molar refractivity (Wildman–Crippen MR) is 106 cm³/mol. The average Bonchev–Trinajstić information content (AvgIpc) is 3.05. The Bertz CT molecular complexity index is 829. The van der Waals surface area contributed by atoms with Gasteiger partial charge in [-0.1, -0.05) is 12.1 Å². The van der Waals surface area contributed by atoms with Crippen LogP contribution in [0.4, 0.5) is 0 Å². The third kappa shape index (κ3) is 6.08. The van der Waals surface area contributed by atoms with Crippen LogP contribution in [0.5, 0.6) is 0 Å². The van der Waals surface area contributed by atoms with Crippen molar-refractivity contribution in [1.82, 2.24) is 20.3 Å². The molecule has 2 rings (SSSR count). The molecule has 9 heteroatoms. The molecule has 0 bridgehead atoms. The molecule has 1 aromatic heterocycles. The highest BCUT2D eigenvalue weighted by molar-refractivity contribution is 7.89. The number of benzene rings is 1. The number of aromatic nitrogens is 1. The maximum atomic E-state index is 11.7. The second-order valence-corrected chi connectivity index (χ2v) is 8.53. The maximum absolute atomic E-state index is 11.7. The van der Waals surface area contributed by atoms with Gasteiger partial charge in [0.05, 0.1) is 22.1 Å². The smallest absolute Gasteiger partial charge is 0.240 e. The van der Waals surface area contributed by atoms with E-state index in [1.54, 1.807) is 35.6 Å². The van der Waals surface area contributed by atoms with Gasteiger partial charge in [-0.25, -0.2) is 23.1 Å². The van der Waals surface area contributed by atoms with Gasteiger partial charge in [-0.2, -0.15) is 0 Å². The van der Waals surface area contributed by atoms with Crippen molar-refractivity contribution in [1.29, 1.82) is 0 Å². The van der Waals surface area contributed by atoms with Crippen LogP contribution in [-0.2, 0) is 23.0 Å². The second-order valence-electron chi connectivity index (χ2n) is 5.58. The molecule has 142 valence electrons. The third-order valence-electron chi connectivity index (χ3n) is 3.61. The molecule has 0 aliphatic heterocycles. The molecule has 0 fully saturated rings. The SMILES string of the molecule is CCNC(=NCc1ccc(S(=O)(=O)NC)cc1)NCCc1csc(C)n1. The Labute approximate surface area is 159 Å². The first-order valence-corrected chi connectivity index (χ1v) is 10.8. The van der Waals surface area contributed by atoms with Crippen LogP contribution in [0.1, 0.15) is 23.2 Å². The lowest BCUT2D eigenvalue weighted by atomic mass is 10.2. The zero-order valence-electron chi connectivity index (χ0n) is 15.2. The Hall–Kier alpha value is -1.97. The Morgan fingerprint density at radius 2 is 1.96 bits per heavy atom. The summed E-state index contributed by atoms with van der Waals surface area (Å²) in [6.07, 6.45) is 0.839. The highest BCUT2D eigenvalue weighted by Gasteiger charge is 2.10.